The van der Waals surface area contributed by atoms with Gasteiger partial charge >= 0.3 is 0 Å². The van der Waals surface area contributed by atoms with Gasteiger partial charge in [0.05, 0.1) is 5.52 Å². The number of benzene rings is 1. The number of hydrogen-bond acceptors (Lipinski definition) is 4. The molecule has 21 heavy (non-hydrogen) atoms. The van der Waals surface area contributed by atoms with Crippen LogP contribution in [0.5, 0.6) is 0 Å². The van der Waals surface area contributed by atoms with Crippen molar-refractivity contribution in [3.8, 4) is 17.1 Å². The van der Waals surface area contributed by atoms with Crippen molar-refractivity contribution in [2.45, 2.75) is 6.92 Å². The van der Waals surface area contributed by atoms with E-state index >= 15 is 0 Å². The molecule has 0 radical (unpaired) electrons. The first-order valence-electron chi connectivity index (χ1n) is 6.62. The van der Waals surface area contributed by atoms with Crippen LogP contribution in [0.4, 0.5) is 0 Å². The molecule has 0 aliphatic carbocycles. The highest BCUT2D eigenvalue weighted by Crippen LogP contribution is 2.26. The molecule has 5 nitrogen and oxygen atoms in total. The fraction of sp³-hybridized carbons (Fsp3) is 0.0625. The van der Waals surface area contributed by atoms with Gasteiger partial charge in [-0.05, 0) is 30.7 Å². The maximum Gasteiger partial charge on any atom is 0.214 e. The Morgan fingerprint density at radius 1 is 1.14 bits per heavy atom. The zero-order valence-electron chi connectivity index (χ0n) is 11.4. The van der Waals surface area contributed by atoms with Crippen LogP contribution in [0.1, 0.15) is 5.56 Å². The van der Waals surface area contributed by atoms with Crippen LogP contribution < -0.4 is 0 Å². The van der Waals surface area contributed by atoms with Crippen LogP contribution in [-0.2, 0) is 0 Å². The summed E-state index contributed by atoms with van der Waals surface area (Å²) in [4.78, 5) is 8.26. The Kier molecular flexibility index (Phi) is 2.57. The number of fused-ring (bicyclic) bond motifs is 1. The minimum atomic E-state index is 0.592. The average Bonchev–Trinajstić information content (AvgIpc) is 3.17. The van der Waals surface area contributed by atoms with Crippen molar-refractivity contribution < 1.29 is 4.52 Å². The number of rotatable bonds is 2. The van der Waals surface area contributed by atoms with E-state index in [2.05, 4.69) is 51.0 Å². The molecule has 0 fully saturated rings. The fourth-order valence-electron chi connectivity index (χ4n) is 2.50. The summed E-state index contributed by atoms with van der Waals surface area (Å²) >= 11 is 0. The Morgan fingerprint density at radius 2 is 2.10 bits per heavy atom. The van der Waals surface area contributed by atoms with Crippen LogP contribution in [0.15, 0.2) is 59.8 Å². The highest BCUT2D eigenvalue weighted by Gasteiger charge is 2.09. The summed E-state index contributed by atoms with van der Waals surface area (Å²) in [5, 5.41) is 5.01. The molecular formula is C16H12N4O. The molecule has 102 valence electrons. The second-order valence-electron chi connectivity index (χ2n) is 4.88. The van der Waals surface area contributed by atoms with E-state index in [1.54, 1.807) is 6.20 Å². The minimum absolute atomic E-state index is 0.592. The van der Waals surface area contributed by atoms with Gasteiger partial charge < -0.3 is 9.09 Å². The van der Waals surface area contributed by atoms with E-state index in [0.717, 1.165) is 22.2 Å². The first kappa shape index (κ1) is 11.8. The summed E-state index contributed by atoms with van der Waals surface area (Å²) in [6.07, 6.45) is 7.06. The molecule has 0 bridgehead atoms. The van der Waals surface area contributed by atoms with E-state index < -0.39 is 0 Å². The van der Waals surface area contributed by atoms with Crippen LogP contribution in [0, 0.1) is 6.92 Å². The van der Waals surface area contributed by atoms with E-state index in [4.69, 9.17) is 4.52 Å². The van der Waals surface area contributed by atoms with Gasteiger partial charge in [-0.3, -0.25) is 4.98 Å². The summed E-state index contributed by atoms with van der Waals surface area (Å²) in [6.45, 7) is 2.09. The number of aromatic nitrogens is 4. The maximum atomic E-state index is 4.82. The Labute approximate surface area is 120 Å². The highest BCUT2D eigenvalue weighted by atomic mass is 16.5. The first-order valence-corrected chi connectivity index (χ1v) is 6.62. The van der Waals surface area contributed by atoms with Gasteiger partial charge in [0.2, 0.25) is 12.2 Å². The number of nitrogens with zero attached hydrogens (tertiary/aromatic N) is 4. The molecule has 0 atom stereocenters. The smallest absolute Gasteiger partial charge is 0.214 e. The molecule has 1 aromatic carbocycles. The lowest BCUT2D eigenvalue weighted by Gasteiger charge is -2.10. The van der Waals surface area contributed by atoms with E-state index in [1.165, 1.54) is 12.0 Å². The third-order valence-corrected chi connectivity index (χ3v) is 3.58. The number of hydrogen-bond donors (Lipinski definition) is 0. The van der Waals surface area contributed by atoms with Crippen LogP contribution in [0.2, 0.25) is 0 Å². The quantitative estimate of drug-likeness (QED) is 0.563. The zero-order chi connectivity index (χ0) is 14.2. The van der Waals surface area contributed by atoms with Crippen molar-refractivity contribution in [3.63, 3.8) is 0 Å². The van der Waals surface area contributed by atoms with Gasteiger partial charge in [0, 0.05) is 35.2 Å². The molecule has 0 aliphatic heterocycles. The van der Waals surface area contributed by atoms with Crippen molar-refractivity contribution in [1.29, 1.82) is 0 Å². The van der Waals surface area contributed by atoms with Crippen molar-refractivity contribution in [2.75, 3.05) is 0 Å². The predicted octanol–water partition coefficient (Wildman–Crippen LogP) is 3.38. The second-order valence-corrected chi connectivity index (χ2v) is 4.88. The van der Waals surface area contributed by atoms with E-state index in [-0.39, 0.29) is 0 Å². The monoisotopic (exact) mass is 276 g/mol. The second kappa shape index (κ2) is 4.56. The van der Waals surface area contributed by atoms with Gasteiger partial charge in [0.15, 0.2) is 0 Å². The lowest BCUT2D eigenvalue weighted by atomic mass is 10.1. The fourth-order valence-corrected chi connectivity index (χ4v) is 2.50. The molecule has 0 aliphatic rings. The molecule has 5 heteroatoms. The zero-order valence-corrected chi connectivity index (χ0v) is 11.4. The van der Waals surface area contributed by atoms with Crippen molar-refractivity contribution in [1.82, 2.24) is 19.7 Å². The largest absolute Gasteiger partial charge is 0.342 e. The van der Waals surface area contributed by atoms with Crippen LogP contribution in [-0.4, -0.2) is 19.7 Å². The summed E-state index contributed by atoms with van der Waals surface area (Å²) in [5.41, 5.74) is 4.33. The van der Waals surface area contributed by atoms with E-state index in [9.17, 15) is 0 Å². The molecule has 0 saturated carbocycles. The summed E-state index contributed by atoms with van der Waals surface area (Å²) in [6, 6.07) is 10.2. The first-order chi connectivity index (χ1) is 10.3. The van der Waals surface area contributed by atoms with Crippen molar-refractivity contribution in [3.05, 3.63) is 60.9 Å². The lowest BCUT2D eigenvalue weighted by Crippen LogP contribution is -1.96. The van der Waals surface area contributed by atoms with Crippen molar-refractivity contribution in [2.24, 2.45) is 0 Å². The van der Waals surface area contributed by atoms with Gasteiger partial charge in [0.25, 0.3) is 0 Å². The minimum Gasteiger partial charge on any atom is -0.342 e. The molecule has 0 saturated heterocycles. The standard InChI is InChI=1S/C16H12N4O/c1-11-2-3-12(16-18-10-21-19-16)8-15(11)20-7-5-13-9-17-6-4-14(13)20/h2-10H,1H3. The van der Waals surface area contributed by atoms with Gasteiger partial charge in [-0.1, -0.05) is 17.3 Å². The van der Waals surface area contributed by atoms with Gasteiger partial charge in [-0.2, -0.15) is 4.98 Å². The van der Waals surface area contributed by atoms with Gasteiger partial charge in [-0.25, -0.2) is 0 Å². The Balaban J connectivity index is 1.94. The van der Waals surface area contributed by atoms with Crippen LogP contribution in [0.25, 0.3) is 28.0 Å². The topological polar surface area (TPSA) is 56.7 Å². The number of aryl methyl sites for hydroxylation is 1. The van der Waals surface area contributed by atoms with Crippen LogP contribution in [0.3, 0.4) is 0 Å². The van der Waals surface area contributed by atoms with E-state index in [1.807, 2.05) is 18.3 Å². The third kappa shape index (κ3) is 1.90. The number of pyridine rings is 1. The third-order valence-electron chi connectivity index (χ3n) is 3.58. The lowest BCUT2D eigenvalue weighted by molar-refractivity contribution is 0.419. The Hall–Kier alpha value is -2.95. The van der Waals surface area contributed by atoms with Crippen LogP contribution >= 0.6 is 0 Å². The van der Waals surface area contributed by atoms with Gasteiger partial charge in [-0.15, -0.1) is 0 Å². The molecule has 3 heterocycles. The summed E-state index contributed by atoms with van der Waals surface area (Å²) < 4.78 is 6.97. The summed E-state index contributed by atoms with van der Waals surface area (Å²) in [5.74, 6) is 0.592. The average molecular weight is 276 g/mol. The molecular weight excluding hydrogens is 264 g/mol. The Bertz CT molecular complexity index is 909. The molecule has 0 unspecified atom stereocenters. The van der Waals surface area contributed by atoms with Crippen molar-refractivity contribution >= 4 is 10.9 Å². The molecule has 0 spiro atoms. The Morgan fingerprint density at radius 3 is 2.95 bits per heavy atom. The normalized spacial score (nSPS) is 11.1. The summed E-state index contributed by atoms with van der Waals surface area (Å²) in [7, 11) is 0. The molecule has 4 aromatic rings. The SMILES string of the molecule is Cc1ccc(-c2ncon2)cc1-n1ccc2cnccc21. The molecule has 4 rings (SSSR count). The predicted molar refractivity (Wildman–Crippen MR) is 79.1 cm³/mol. The molecule has 0 amide bonds. The van der Waals surface area contributed by atoms with Gasteiger partial charge in [0.1, 0.15) is 0 Å². The van der Waals surface area contributed by atoms with E-state index in [0.29, 0.717) is 5.82 Å². The molecule has 3 aromatic heterocycles. The maximum absolute atomic E-state index is 4.82. The highest BCUT2D eigenvalue weighted by molar-refractivity contribution is 5.81. The molecule has 0 N–H and O–H groups in total.